The van der Waals surface area contributed by atoms with Gasteiger partial charge in [-0.25, -0.2) is 0 Å². The van der Waals surface area contributed by atoms with Crippen molar-refractivity contribution >= 4 is 35.3 Å². The fourth-order valence-corrected chi connectivity index (χ4v) is 6.38. The number of anilines is 1. The number of ether oxygens (including phenoxy) is 1. The minimum atomic E-state index is -5.34. The molecule has 45 heavy (non-hydrogen) atoms. The SMILES string of the molecule is CN(C)CC(=O)N1CCCC(Nc2cccc(Sc3ccc(C=CC(=O)N4CCOCC4)c(C(F)(F)F)c3C(F)(F)F)c2)CC1. The van der Waals surface area contributed by atoms with Gasteiger partial charge in [0.2, 0.25) is 11.8 Å². The molecule has 2 amide bonds. The van der Waals surface area contributed by atoms with Crippen LogP contribution in [0, 0.1) is 0 Å². The Balaban J connectivity index is 1.55. The summed E-state index contributed by atoms with van der Waals surface area (Å²) >= 11 is 0.587. The number of morpholine rings is 1. The molecule has 0 bridgehead atoms. The second-order valence-electron chi connectivity index (χ2n) is 11.2. The summed E-state index contributed by atoms with van der Waals surface area (Å²) in [6.45, 7) is 2.53. The van der Waals surface area contributed by atoms with Crippen molar-refractivity contribution < 1.29 is 40.7 Å². The summed E-state index contributed by atoms with van der Waals surface area (Å²) in [7, 11) is 3.65. The van der Waals surface area contributed by atoms with Crippen molar-refractivity contribution in [1.82, 2.24) is 14.7 Å². The summed E-state index contributed by atoms with van der Waals surface area (Å²) in [6, 6.07) is 8.48. The van der Waals surface area contributed by atoms with Crippen LogP contribution in [-0.4, -0.2) is 92.6 Å². The van der Waals surface area contributed by atoms with E-state index in [0.29, 0.717) is 48.4 Å². The molecule has 0 radical (unpaired) electrons. The Kier molecular flexibility index (Phi) is 11.5. The van der Waals surface area contributed by atoms with Crippen LogP contribution in [0.25, 0.3) is 6.08 Å². The number of halogens is 6. The summed E-state index contributed by atoms with van der Waals surface area (Å²) in [4.78, 5) is 29.6. The number of likely N-dealkylation sites (tertiary alicyclic amines) is 1. The Morgan fingerprint density at radius 1 is 0.956 bits per heavy atom. The molecule has 1 N–H and O–H groups in total. The largest absolute Gasteiger partial charge is 0.418 e. The molecule has 0 spiro atoms. The number of carbonyl (C=O) groups is 2. The molecule has 2 aliphatic rings. The molecular weight excluding hydrogens is 622 g/mol. The van der Waals surface area contributed by atoms with Crippen LogP contribution in [0.5, 0.6) is 0 Å². The Hall–Kier alpha value is -3.23. The van der Waals surface area contributed by atoms with Crippen LogP contribution in [0.4, 0.5) is 32.0 Å². The van der Waals surface area contributed by atoms with Gasteiger partial charge >= 0.3 is 12.4 Å². The molecule has 2 saturated heterocycles. The highest BCUT2D eigenvalue weighted by Gasteiger charge is 2.46. The minimum absolute atomic E-state index is 0.0104. The highest BCUT2D eigenvalue weighted by atomic mass is 32.2. The molecule has 0 aliphatic carbocycles. The van der Waals surface area contributed by atoms with Crippen molar-refractivity contribution in [3.8, 4) is 0 Å². The molecule has 2 aromatic rings. The first-order valence-corrected chi connectivity index (χ1v) is 15.4. The highest BCUT2D eigenvalue weighted by Crippen LogP contribution is 2.48. The van der Waals surface area contributed by atoms with Gasteiger partial charge < -0.3 is 24.8 Å². The quantitative estimate of drug-likeness (QED) is 0.273. The standard InChI is InChI=1S/C31H36F6N4O3S/c1-39(2)20-27(43)40-13-4-6-22(12-14-40)38-23-5-3-7-24(19-23)45-25-10-8-21(9-11-26(42)41-15-17-44-18-16-41)28(30(32,33)34)29(25)31(35,36)37/h3,5,7-11,19,22,38H,4,6,12-18,20H2,1-2H3. The third-order valence-electron chi connectivity index (χ3n) is 7.46. The fraction of sp³-hybridized carbons (Fsp3) is 0.484. The molecule has 0 aromatic heterocycles. The van der Waals surface area contributed by atoms with Gasteiger partial charge in [0.15, 0.2) is 0 Å². The second-order valence-corrected chi connectivity index (χ2v) is 12.3. The lowest BCUT2D eigenvalue weighted by Crippen LogP contribution is -2.39. The van der Waals surface area contributed by atoms with E-state index in [4.69, 9.17) is 4.74 Å². The number of benzene rings is 2. The summed E-state index contributed by atoms with van der Waals surface area (Å²) < 4.78 is 90.9. The van der Waals surface area contributed by atoms with E-state index in [0.717, 1.165) is 37.1 Å². The zero-order valence-electron chi connectivity index (χ0n) is 25.0. The zero-order chi connectivity index (χ0) is 32.8. The number of nitrogens with one attached hydrogen (secondary N) is 1. The smallest absolute Gasteiger partial charge is 0.382 e. The first-order chi connectivity index (χ1) is 21.2. The van der Waals surface area contributed by atoms with E-state index < -0.39 is 39.8 Å². The Morgan fingerprint density at radius 3 is 2.33 bits per heavy atom. The Labute approximate surface area is 262 Å². The van der Waals surface area contributed by atoms with Gasteiger partial charge in [-0.3, -0.25) is 9.59 Å². The number of hydrogen-bond acceptors (Lipinski definition) is 6. The van der Waals surface area contributed by atoms with E-state index in [1.54, 1.807) is 18.2 Å². The molecule has 1 unspecified atom stereocenters. The maximum atomic E-state index is 14.3. The van der Waals surface area contributed by atoms with E-state index in [1.165, 1.54) is 11.0 Å². The summed E-state index contributed by atoms with van der Waals surface area (Å²) in [5.74, 6) is -0.563. The molecular formula is C31H36F6N4O3S. The average Bonchev–Trinajstić information content (AvgIpc) is 3.21. The Morgan fingerprint density at radius 2 is 1.67 bits per heavy atom. The van der Waals surface area contributed by atoms with Crippen molar-refractivity contribution in [3.05, 3.63) is 59.2 Å². The molecule has 2 aliphatic heterocycles. The number of nitrogens with zero attached hydrogens (tertiary/aromatic N) is 3. The van der Waals surface area contributed by atoms with Gasteiger partial charge in [-0.1, -0.05) is 23.9 Å². The summed E-state index contributed by atoms with van der Waals surface area (Å²) in [5.41, 5.74) is -3.77. The lowest BCUT2D eigenvalue weighted by atomic mass is 9.99. The molecule has 0 saturated carbocycles. The number of carbonyl (C=O) groups excluding carboxylic acids is 2. The van der Waals surface area contributed by atoms with E-state index in [9.17, 15) is 35.9 Å². The van der Waals surface area contributed by atoms with Crippen LogP contribution >= 0.6 is 11.8 Å². The molecule has 14 heteroatoms. The van der Waals surface area contributed by atoms with E-state index in [2.05, 4.69) is 5.32 Å². The summed E-state index contributed by atoms with van der Waals surface area (Å²) in [6.07, 6.45) is -6.78. The van der Waals surface area contributed by atoms with E-state index in [1.807, 2.05) is 23.9 Å². The minimum Gasteiger partial charge on any atom is -0.382 e. The Bertz CT molecular complexity index is 1380. The maximum Gasteiger partial charge on any atom is 0.418 e. The lowest BCUT2D eigenvalue weighted by Gasteiger charge is -2.25. The van der Waals surface area contributed by atoms with Crippen molar-refractivity contribution in [3.63, 3.8) is 0 Å². The predicted octanol–water partition coefficient (Wildman–Crippen LogP) is 6.10. The van der Waals surface area contributed by atoms with E-state index >= 15 is 0 Å². The molecule has 2 heterocycles. The van der Waals surface area contributed by atoms with Gasteiger partial charge in [0, 0.05) is 53.8 Å². The van der Waals surface area contributed by atoms with Crippen molar-refractivity contribution in [2.75, 3.05) is 65.3 Å². The van der Waals surface area contributed by atoms with Crippen LogP contribution in [0.3, 0.4) is 0 Å². The third kappa shape index (κ3) is 9.63. The van der Waals surface area contributed by atoms with Crippen molar-refractivity contribution in [2.24, 2.45) is 0 Å². The van der Waals surface area contributed by atoms with Crippen LogP contribution < -0.4 is 5.32 Å². The number of hydrogen-bond donors (Lipinski definition) is 1. The molecule has 1 atom stereocenters. The van der Waals surface area contributed by atoms with Crippen LogP contribution in [0.1, 0.15) is 36.0 Å². The third-order valence-corrected chi connectivity index (χ3v) is 8.51. The molecule has 7 nitrogen and oxygen atoms in total. The van der Waals surface area contributed by atoms with Gasteiger partial charge in [0.25, 0.3) is 0 Å². The van der Waals surface area contributed by atoms with Crippen LogP contribution in [-0.2, 0) is 26.7 Å². The maximum absolute atomic E-state index is 14.3. The van der Waals surface area contributed by atoms with Gasteiger partial charge in [-0.05, 0) is 69.3 Å². The lowest BCUT2D eigenvalue weighted by molar-refractivity contribution is -0.163. The highest BCUT2D eigenvalue weighted by molar-refractivity contribution is 7.99. The van der Waals surface area contributed by atoms with Gasteiger partial charge in [-0.2, -0.15) is 26.3 Å². The fourth-order valence-electron chi connectivity index (χ4n) is 5.33. The van der Waals surface area contributed by atoms with Crippen LogP contribution in [0.15, 0.2) is 52.3 Å². The van der Waals surface area contributed by atoms with Crippen molar-refractivity contribution in [1.29, 1.82) is 0 Å². The molecule has 246 valence electrons. The number of alkyl halides is 6. The van der Waals surface area contributed by atoms with E-state index in [-0.39, 0.29) is 38.3 Å². The van der Waals surface area contributed by atoms with Crippen molar-refractivity contribution in [2.45, 2.75) is 47.4 Å². The zero-order valence-corrected chi connectivity index (χ0v) is 25.8. The topological polar surface area (TPSA) is 65.1 Å². The predicted molar refractivity (Wildman–Crippen MR) is 160 cm³/mol. The molecule has 2 aromatic carbocycles. The first kappa shape index (κ1) is 34.6. The number of likely N-dealkylation sites (N-methyl/N-ethyl adjacent to an activating group) is 1. The molecule has 2 fully saturated rings. The normalized spacial score (nSPS) is 18.4. The number of rotatable bonds is 8. The van der Waals surface area contributed by atoms with Gasteiger partial charge in [-0.15, -0.1) is 0 Å². The monoisotopic (exact) mass is 658 g/mol. The second kappa shape index (κ2) is 14.9. The van der Waals surface area contributed by atoms with Gasteiger partial charge in [0.1, 0.15) is 0 Å². The van der Waals surface area contributed by atoms with Crippen LogP contribution in [0.2, 0.25) is 0 Å². The number of amides is 2. The van der Waals surface area contributed by atoms with Gasteiger partial charge in [0.05, 0.1) is 30.9 Å². The molecule has 4 rings (SSSR count). The average molecular weight is 659 g/mol. The first-order valence-electron chi connectivity index (χ1n) is 14.6. The summed E-state index contributed by atoms with van der Waals surface area (Å²) in [5, 5.41) is 3.37.